The highest BCUT2D eigenvalue weighted by Gasteiger charge is 2.31. The number of hydrogen-bond donors (Lipinski definition) is 0. The first-order valence-corrected chi connectivity index (χ1v) is 9.93. The van der Waals surface area contributed by atoms with Crippen molar-refractivity contribution in [2.45, 2.75) is 32.0 Å². The standard InChI is InChI=1S/C22H22F3N3O3/c1-14-20(19-13-18(30-2)9-12-28(19)26-14)21(29)27-10-7-16(8-11-27)15-3-5-17(6-4-15)31-22(23,24)25/h3-6,9,12-13,16H,7-8,10-11H2,1-2H3. The maximum atomic E-state index is 13.2. The molecule has 0 aliphatic carbocycles. The summed E-state index contributed by atoms with van der Waals surface area (Å²) >= 11 is 0. The Morgan fingerprint density at radius 1 is 1.10 bits per heavy atom. The summed E-state index contributed by atoms with van der Waals surface area (Å²) in [6.07, 6.45) is -1.48. The fraction of sp³-hybridized carbons (Fsp3) is 0.364. The lowest BCUT2D eigenvalue weighted by molar-refractivity contribution is -0.274. The van der Waals surface area contributed by atoms with Crippen LogP contribution in [-0.2, 0) is 0 Å². The number of pyridine rings is 1. The quantitative estimate of drug-likeness (QED) is 0.605. The Morgan fingerprint density at radius 3 is 2.39 bits per heavy atom. The first kappa shape index (κ1) is 21.0. The van der Waals surface area contributed by atoms with E-state index in [9.17, 15) is 18.0 Å². The van der Waals surface area contributed by atoms with Crippen molar-refractivity contribution in [1.29, 1.82) is 0 Å². The number of benzene rings is 1. The number of halogens is 3. The third-order valence-corrected chi connectivity index (χ3v) is 5.60. The van der Waals surface area contributed by atoms with E-state index in [1.165, 1.54) is 12.1 Å². The molecule has 6 nitrogen and oxygen atoms in total. The van der Waals surface area contributed by atoms with E-state index in [1.807, 2.05) is 6.92 Å². The Morgan fingerprint density at radius 2 is 1.77 bits per heavy atom. The van der Waals surface area contributed by atoms with Crippen LogP contribution < -0.4 is 9.47 Å². The number of fused-ring (bicyclic) bond motifs is 1. The summed E-state index contributed by atoms with van der Waals surface area (Å²) in [5, 5.41) is 4.42. The number of nitrogens with zero attached hydrogens (tertiary/aromatic N) is 3. The third kappa shape index (κ3) is 4.45. The summed E-state index contributed by atoms with van der Waals surface area (Å²) in [6.45, 7) is 2.93. The Bertz CT molecular complexity index is 1090. The van der Waals surface area contributed by atoms with E-state index in [-0.39, 0.29) is 17.6 Å². The van der Waals surface area contributed by atoms with Crippen LogP contribution >= 0.6 is 0 Å². The lowest BCUT2D eigenvalue weighted by atomic mass is 9.89. The van der Waals surface area contributed by atoms with E-state index in [0.717, 1.165) is 18.4 Å². The van der Waals surface area contributed by atoms with E-state index in [4.69, 9.17) is 4.74 Å². The van der Waals surface area contributed by atoms with Crippen LogP contribution in [0.1, 0.15) is 40.4 Å². The Kier molecular flexibility index (Phi) is 5.51. The molecule has 1 amide bonds. The topological polar surface area (TPSA) is 56.1 Å². The van der Waals surface area contributed by atoms with Crippen LogP contribution in [0.25, 0.3) is 5.52 Å². The summed E-state index contributed by atoms with van der Waals surface area (Å²) in [5.74, 6) is 0.517. The lowest BCUT2D eigenvalue weighted by Gasteiger charge is -2.32. The van der Waals surface area contributed by atoms with Crippen molar-refractivity contribution in [2.24, 2.45) is 0 Å². The van der Waals surface area contributed by atoms with Crippen LogP contribution in [0.15, 0.2) is 42.6 Å². The number of likely N-dealkylation sites (tertiary alicyclic amines) is 1. The van der Waals surface area contributed by atoms with Crippen molar-refractivity contribution >= 4 is 11.4 Å². The molecule has 0 saturated carbocycles. The maximum absolute atomic E-state index is 13.2. The summed E-state index contributed by atoms with van der Waals surface area (Å²) in [5.41, 5.74) is 2.86. The number of piperidine rings is 1. The summed E-state index contributed by atoms with van der Waals surface area (Å²) in [4.78, 5) is 15.0. The molecule has 2 aromatic heterocycles. The molecule has 1 fully saturated rings. The van der Waals surface area contributed by atoms with Gasteiger partial charge in [0, 0.05) is 25.4 Å². The minimum Gasteiger partial charge on any atom is -0.497 e. The molecule has 0 spiro atoms. The van der Waals surface area contributed by atoms with Gasteiger partial charge in [0.15, 0.2) is 0 Å². The van der Waals surface area contributed by atoms with Gasteiger partial charge < -0.3 is 14.4 Å². The van der Waals surface area contributed by atoms with Crippen LogP contribution in [0.5, 0.6) is 11.5 Å². The molecule has 4 rings (SSSR count). The normalized spacial score (nSPS) is 15.3. The monoisotopic (exact) mass is 433 g/mol. The van der Waals surface area contributed by atoms with Crippen molar-refractivity contribution in [3.63, 3.8) is 0 Å². The van der Waals surface area contributed by atoms with E-state index in [2.05, 4.69) is 9.84 Å². The van der Waals surface area contributed by atoms with Crippen LogP contribution in [-0.4, -0.2) is 47.0 Å². The zero-order valence-corrected chi connectivity index (χ0v) is 17.1. The van der Waals surface area contributed by atoms with E-state index in [1.54, 1.807) is 47.0 Å². The largest absolute Gasteiger partial charge is 0.573 e. The maximum Gasteiger partial charge on any atom is 0.573 e. The second kappa shape index (κ2) is 8.13. The molecule has 0 bridgehead atoms. The number of carbonyl (C=O) groups is 1. The highest BCUT2D eigenvalue weighted by atomic mass is 19.4. The van der Waals surface area contributed by atoms with Gasteiger partial charge in [-0.3, -0.25) is 4.79 Å². The number of alkyl halides is 3. The average Bonchev–Trinajstić information content (AvgIpc) is 3.07. The molecular weight excluding hydrogens is 411 g/mol. The van der Waals surface area contributed by atoms with Crippen LogP contribution in [0.3, 0.4) is 0 Å². The predicted molar refractivity (Wildman–Crippen MR) is 107 cm³/mol. The second-order valence-corrected chi connectivity index (χ2v) is 7.54. The lowest BCUT2D eigenvalue weighted by Crippen LogP contribution is -2.38. The van der Waals surface area contributed by atoms with Gasteiger partial charge in [0.2, 0.25) is 0 Å². The van der Waals surface area contributed by atoms with Gasteiger partial charge in [-0.25, -0.2) is 4.52 Å². The summed E-state index contributed by atoms with van der Waals surface area (Å²) in [7, 11) is 1.57. The SMILES string of the molecule is COc1ccn2nc(C)c(C(=O)N3CCC(c4ccc(OC(F)(F)F)cc4)CC3)c2c1. The van der Waals surface area contributed by atoms with Gasteiger partial charge in [0.05, 0.1) is 23.9 Å². The molecule has 164 valence electrons. The van der Waals surface area contributed by atoms with Crippen molar-refractivity contribution < 1.29 is 27.4 Å². The molecule has 1 saturated heterocycles. The van der Waals surface area contributed by atoms with Gasteiger partial charge in [-0.1, -0.05) is 12.1 Å². The van der Waals surface area contributed by atoms with E-state index in [0.29, 0.717) is 35.6 Å². The summed E-state index contributed by atoms with van der Waals surface area (Å²) < 4.78 is 47.9. The molecular formula is C22H22F3N3O3. The zero-order valence-electron chi connectivity index (χ0n) is 17.1. The third-order valence-electron chi connectivity index (χ3n) is 5.60. The molecule has 1 aliphatic rings. The molecule has 0 N–H and O–H groups in total. The van der Waals surface area contributed by atoms with Gasteiger partial charge in [0.25, 0.3) is 5.91 Å². The van der Waals surface area contributed by atoms with Crippen molar-refractivity contribution in [1.82, 2.24) is 14.5 Å². The first-order chi connectivity index (χ1) is 14.7. The minimum atomic E-state index is -4.70. The number of aryl methyl sites for hydroxylation is 1. The Labute approximate surface area is 177 Å². The minimum absolute atomic E-state index is 0.0758. The molecule has 1 aromatic carbocycles. The molecule has 1 aliphatic heterocycles. The van der Waals surface area contributed by atoms with Gasteiger partial charge in [-0.15, -0.1) is 13.2 Å². The summed E-state index contributed by atoms with van der Waals surface area (Å²) in [6, 6.07) is 9.55. The van der Waals surface area contributed by atoms with Crippen LogP contribution in [0, 0.1) is 6.92 Å². The molecule has 3 heterocycles. The number of amides is 1. The number of carbonyl (C=O) groups excluding carboxylic acids is 1. The molecule has 3 aromatic rings. The van der Waals surface area contributed by atoms with E-state index >= 15 is 0 Å². The molecule has 0 atom stereocenters. The molecule has 0 radical (unpaired) electrons. The van der Waals surface area contributed by atoms with Crippen molar-refractivity contribution in [3.05, 3.63) is 59.4 Å². The zero-order chi connectivity index (χ0) is 22.2. The smallest absolute Gasteiger partial charge is 0.497 e. The Hall–Kier alpha value is -3.23. The fourth-order valence-electron chi connectivity index (χ4n) is 4.05. The average molecular weight is 433 g/mol. The van der Waals surface area contributed by atoms with Crippen molar-refractivity contribution in [2.75, 3.05) is 20.2 Å². The number of hydrogen-bond acceptors (Lipinski definition) is 4. The van der Waals surface area contributed by atoms with Gasteiger partial charge >= 0.3 is 6.36 Å². The highest BCUT2D eigenvalue weighted by molar-refractivity contribution is 6.02. The number of ether oxygens (including phenoxy) is 2. The Balaban J connectivity index is 1.45. The van der Waals surface area contributed by atoms with Gasteiger partial charge in [-0.2, -0.15) is 5.10 Å². The van der Waals surface area contributed by atoms with Gasteiger partial charge in [-0.05, 0) is 49.4 Å². The van der Waals surface area contributed by atoms with E-state index < -0.39 is 6.36 Å². The number of rotatable bonds is 4. The fourth-order valence-corrected chi connectivity index (χ4v) is 4.05. The highest BCUT2D eigenvalue weighted by Crippen LogP contribution is 2.32. The van der Waals surface area contributed by atoms with Crippen molar-refractivity contribution in [3.8, 4) is 11.5 Å². The first-order valence-electron chi connectivity index (χ1n) is 9.93. The second-order valence-electron chi connectivity index (χ2n) is 7.54. The van der Waals surface area contributed by atoms with Gasteiger partial charge in [0.1, 0.15) is 11.5 Å². The molecule has 9 heteroatoms. The van der Waals surface area contributed by atoms with Crippen LogP contribution in [0.2, 0.25) is 0 Å². The number of methoxy groups -OCH3 is 1. The van der Waals surface area contributed by atoms with Crippen LogP contribution in [0.4, 0.5) is 13.2 Å². The molecule has 0 unspecified atom stereocenters. The molecule has 31 heavy (non-hydrogen) atoms. The number of aromatic nitrogens is 2. The predicted octanol–water partition coefficient (Wildman–Crippen LogP) is 4.57.